The molecule has 0 bridgehead atoms. The van der Waals surface area contributed by atoms with Crippen LogP contribution in [0.5, 0.6) is 0 Å². The Morgan fingerprint density at radius 3 is 2.54 bits per heavy atom. The number of rotatable bonds is 2. The quantitative estimate of drug-likeness (QED) is 0.619. The number of amides is 1. The van der Waals surface area contributed by atoms with Crippen molar-refractivity contribution in [1.82, 2.24) is 4.90 Å². The van der Waals surface area contributed by atoms with Crippen LogP contribution in [0.4, 0.5) is 4.79 Å². The fraction of sp³-hybridized carbons (Fsp3) is 0.889. The highest BCUT2D eigenvalue weighted by molar-refractivity contribution is 6.56. The zero-order valence-electron chi connectivity index (χ0n) is 8.62. The summed E-state index contributed by atoms with van der Waals surface area (Å²) in [6, 6.07) is 0.300. The number of carbonyl (C=O) groups is 1. The summed E-state index contributed by atoms with van der Waals surface area (Å²) in [6.45, 7) is 3.90. The maximum atomic E-state index is 11.0. The number of nitrogens with two attached hydrogens (primary N) is 1. The third kappa shape index (κ3) is 3.39. The molecule has 1 heterocycles. The van der Waals surface area contributed by atoms with Gasteiger partial charge in [0, 0.05) is 19.1 Å². The number of likely N-dealkylation sites (tertiary alicyclic amines) is 1. The molecule has 0 aromatic heterocycles. The molecular formula is C9H19BN2O. The lowest BCUT2D eigenvalue weighted by Crippen LogP contribution is -2.38. The Labute approximate surface area is 81.1 Å². The van der Waals surface area contributed by atoms with Crippen LogP contribution in [0.15, 0.2) is 0 Å². The van der Waals surface area contributed by atoms with E-state index in [9.17, 15) is 4.79 Å². The molecule has 0 spiro atoms. The van der Waals surface area contributed by atoms with Gasteiger partial charge in [0.1, 0.15) is 0 Å². The standard InChI is InChI=1S/C9H19BN2O/c1-7(11)6-8-2-4-12(5-3-8)9(10)13/h7-8H,2-6,10-11H2,1H3. The van der Waals surface area contributed by atoms with E-state index in [1.165, 1.54) is 0 Å². The summed E-state index contributed by atoms with van der Waals surface area (Å²) in [6.07, 6.45) is 3.36. The lowest BCUT2D eigenvalue weighted by Gasteiger charge is -2.32. The second kappa shape index (κ2) is 4.65. The van der Waals surface area contributed by atoms with Gasteiger partial charge in [0.15, 0.2) is 5.81 Å². The maximum absolute atomic E-state index is 11.0. The molecule has 1 unspecified atom stereocenters. The summed E-state index contributed by atoms with van der Waals surface area (Å²) in [5.41, 5.74) is 5.74. The van der Waals surface area contributed by atoms with Gasteiger partial charge in [-0.3, -0.25) is 4.79 Å². The summed E-state index contributed by atoms with van der Waals surface area (Å²) >= 11 is 0. The summed E-state index contributed by atoms with van der Waals surface area (Å²) < 4.78 is 0. The number of nitrogens with zero attached hydrogens (tertiary/aromatic N) is 1. The van der Waals surface area contributed by atoms with E-state index in [-0.39, 0.29) is 5.81 Å². The van der Waals surface area contributed by atoms with E-state index in [1.807, 2.05) is 4.90 Å². The maximum Gasteiger partial charge on any atom is 0.215 e. The molecule has 0 aromatic rings. The van der Waals surface area contributed by atoms with Crippen molar-refractivity contribution in [3.8, 4) is 0 Å². The number of hydrogen-bond donors (Lipinski definition) is 1. The van der Waals surface area contributed by atoms with Gasteiger partial charge in [0.2, 0.25) is 7.85 Å². The molecule has 0 aromatic carbocycles. The first-order chi connectivity index (χ1) is 6.09. The third-order valence-electron chi connectivity index (χ3n) is 2.76. The minimum atomic E-state index is 0.208. The Bertz CT molecular complexity index is 176. The second-order valence-corrected chi connectivity index (χ2v) is 4.16. The monoisotopic (exact) mass is 182 g/mol. The molecule has 0 radical (unpaired) electrons. The van der Waals surface area contributed by atoms with Crippen molar-refractivity contribution in [2.45, 2.75) is 32.2 Å². The molecule has 1 aliphatic rings. The zero-order valence-corrected chi connectivity index (χ0v) is 8.62. The minimum absolute atomic E-state index is 0.208. The zero-order chi connectivity index (χ0) is 9.84. The Kier molecular flexibility index (Phi) is 3.79. The molecule has 74 valence electrons. The van der Waals surface area contributed by atoms with Gasteiger partial charge < -0.3 is 10.6 Å². The largest absolute Gasteiger partial charge is 0.352 e. The van der Waals surface area contributed by atoms with Crippen molar-refractivity contribution in [3.05, 3.63) is 0 Å². The highest BCUT2D eigenvalue weighted by atomic mass is 16.1. The molecule has 1 amide bonds. The van der Waals surface area contributed by atoms with Crippen molar-refractivity contribution in [1.29, 1.82) is 0 Å². The van der Waals surface area contributed by atoms with Gasteiger partial charge in [-0.2, -0.15) is 0 Å². The molecule has 0 saturated carbocycles. The van der Waals surface area contributed by atoms with Crippen LogP contribution in [0.1, 0.15) is 26.2 Å². The van der Waals surface area contributed by atoms with E-state index >= 15 is 0 Å². The van der Waals surface area contributed by atoms with Crippen molar-refractivity contribution >= 4 is 13.7 Å². The Hall–Kier alpha value is -0.505. The van der Waals surface area contributed by atoms with Crippen molar-refractivity contribution in [2.75, 3.05) is 13.1 Å². The predicted octanol–water partition coefficient (Wildman–Crippen LogP) is 0.189. The van der Waals surface area contributed by atoms with Crippen molar-refractivity contribution in [2.24, 2.45) is 11.7 Å². The van der Waals surface area contributed by atoms with Gasteiger partial charge in [0.05, 0.1) is 0 Å². The van der Waals surface area contributed by atoms with Crippen LogP contribution in [0.25, 0.3) is 0 Å². The molecular weight excluding hydrogens is 163 g/mol. The lowest BCUT2D eigenvalue weighted by molar-refractivity contribution is 0.186. The Balaban J connectivity index is 2.26. The average molecular weight is 182 g/mol. The van der Waals surface area contributed by atoms with E-state index in [2.05, 4.69) is 6.92 Å². The predicted molar refractivity (Wildman–Crippen MR) is 56.5 cm³/mol. The fourth-order valence-electron chi connectivity index (χ4n) is 2.01. The number of hydrogen-bond acceptors (Lipinski definition) is 2. The van der Waals surface area contributed by atoms with Gasteiger partial charge in [-0.25, -0.2) is 0 Å². The highest BCUT2D eigenvalue weighted by Gasteiger charge is 2.20. The first-order valence-corrected chi connectivity index (χ1v) is 5.10. The summed E-state index contributed by atoms with van der Waals surface area (Å²) in [5, 5.41) is 0. The molecule has 1 fully saturated rings. The van der Waals surface area contributed by atoms with E-state index < -0.39 is 0 Å². The van der Waals surface area contributed by atoms with Crippen LogP contribution in [-0.4, -0.2) is 37.7 Å². The average Bonchev–Trinajstić information content (AvgIpc) is 2.04. The van der Waals surface area contributed by atoms with E-state index in [0.29, 0.717) is 6.04 Å². The van der Waals surface area contributed by atoms with Crippen LogP contribution in [0.2, 0.25) is 0 Å². The van der Waals surface area contributed by atoms with E-state index in [4.69, 9.17) is 5.73 Å². The summed E-state index contributed by atoms with van der Waals surface area (Å²) in [4.78, 5) is 13.0. The molecule has 1 atom stereocenters. The van der Waals surface area contributed by atoms with Crippen LogP contribution in [0, 0.1) is 5.92 Å². The fourth-order valence-corrected chi connectivity index (χ4v) is 2.01. The van der Waals surface area contributed by atoms with Gasteiger partial charge in [-0.05, 0) is 32.1 Å². The molecule has 4 heteroatoms. The highest BCUT2D eigenvalue weighted by Crippen LogP contribution is 2.21. The van der Waals surface area contributed by atoms with E-state index in [0.717, 1.165) is 38.3 Å². The van der Waals surface area contributed by atoms with Crippen LogP contribution < -0.4 is 5.73 Å². The van der Waals surface area contributed by atoms with Crippen molar-refractivity contribution in [3.63, 3.8) is 0 Å². The summed E-state index contributed by atoms with van der Waals surface area (Å²) in [5.74, 6) is 0.940. The summed E-state index contributed by atoms with van der Waals surface area (Å²) in [7, 11) is 1.64. The SMILES string of the molecule is BC(=O)N1CCC(CC(C)N)CC1. The number of carbonyl (C=O) groups excluding carboxylic acids is 1. The second-order valence-electron chi connectivity index (χ2n) is 4.16. The molecule has 2 N–H and O–H groups in total. The van der Waals surface area contributed by atoms with Gasteiger partial charge in [-0.15, -0.1) is 0 Å². The Morgan fingerprint density at radius 2 is 2.15 bits per heavy atom. The van der Waals surface area contributed by atoms with Gasteiger partial charge in [0.25, 0.3) is 0 Å². The Morgan fingerprint density at radius 1 is 1.62 bits per heavy atom. The molecule has 0 aliphatic carbocycles. The smallest absolute Gasteiger partial charge is 0.215 e. The first-order valence-electron chi connectivity index (χ1n) is 5.10. The van der Waals surface area contributed by atoms with E-state index in [1.54, 1.807) is 7.85 Å². The van der Waals surface area contributed by atoms with Crippen molar-refractivity contribution < 1.29 is 4.79 Å². The normalized spacial score (nSPS) is 21.5. The van der Waals surface area contributed by atoms with Crippen LogP contribution in [-0.2, 0) is 0 Å². The van der Waals surface area contributed by atoms with Crippen LogP contribution in [0.3, 0.4) is 0 Å². The molecule has 1 saturated heterocycles. The lowest BCUT2D eigenvalue weighted by atomic mass is 9.90. The third-order valence-corrected chi connectivity index (χ3v) is 2.76. The van der Waals surface area contributed by atoms with Crippen LogP contribution >= 0.6 is 0 Å². The molecule has 3 nitrogen and oxygen atoms in total. The van der Waals surface area contributed by atoms with Gasteiger partial charge >= 0.3 is 0 Å². The topological polar surface area (TPSA) is 46.3 Å². The minimum Gasteiger partial charge on any atom is -0.352 e. The van der Waals surface area contributed by atoms with Gasteiger partial charge in [-0.1, -0.05) is 0 Å². The first kappa shape index (κ1) is 10.6. The molecule has 1 rings (SSSR count). The number of piperidine rings is 1. The molecule has 1 aliphatic heterocycles. The molecule has 13 heavy (non-hydrogen) atoms.